The molecule has 0 bridgehead atoms. The molecule has 2 saturated heterocycles. The number of aliphatic imine (C=N–C) groups is 1. The quantitative estimate of drug-likeness (QED) is 0.127. The summed E-state index contributed by atoms with van der Waals surface area (Å²) in [5, 5.41) is 8.37. The predicted octanol–water partition coefficient (Wildman–Crippen LogP) is 9.50. The van der Waals surface area contributed by atoms with Crippen LogP contribution in [0.5, 0.6) is 0 Å². The van der Waals surface area contributed by atoms with Crippen LogP contribution in [0.1, 0.15) is 91.1 Å². The van der Waals surface area contributed by atoms with Crippen molar-refractivity contribution in [2.24, 2.45) is 16.8 Å². The Kier molecular flexibility index (Phi) is 13.3. The van der Waals surface area contributed by atoms with Gasteiger partial charge in [0.1, 0.15) is 33.9 Å². The molecule has 4 aromatic rings. The summed E-state index contributed by atoms with van der Waals surface area (Å²) in [7, 11) is 2.57. The van der Waals surface area contributed by atoms with Crippen molar-refractivity contribution in [3.8, 4) is 22.4 Å². The number of aromatic nitrogens is 2. The standard InChI is InChI=1S/C47H55Cl2N7O6/c1-24(2)38(52-46(59)61-7)44(57)55-26(5)9-19-36(55)35-23-34(41(48)50-35)33-18-17-31-21-30(15-16-32(31)22-33)28-11-13-29(14-12-28)40-42(49)54-43(51-40)37-20-10-27(6)56(37)45(58)39(25(3)4)53-47(60)62-8/h11-18,21-22,24-27,36-39H,9-10,19-20,23H2,1-8H3,(H,51,54)(H,52,59)(H,53,60)/t26-,27-,36-,37-,38-,39-/m0/s1. The lowest BCUT2D eigenvalue weighted by Crippen LogP contribution is -2.55. The van der Waals surface area contributed by atoms with Crippen LogP contribution < -0.4 is 10.6 Å². The number of hydrogen-bond donors (Lipinski definition) is 3. The number of rotatable bonds is 11. The number of benzene rings is 3. The average molecular weight is 885 g/mol. The first kappa shape index (κ1) is 44.6. The van der Waals surface area contributed by atoms with Gasteiger partial charge in [-0.1, -0.05) is 99.4 Å². The molecule has 4 heterocycles. The van der Waals surface area contributed by atoms with E-state index in [1.54, 1.807) is 4.90 Å². The molecule has 7 rings (SSSR count). The van der Waals surface area contributed by atoms with E-state index in [1.807, 2.05) is 70.7 Å². The average Bonchev–Trinajstić information content (AvgIpc) is 4.05. The first-order chi connectivity index (χ1) is 29.6. The van der Waals surface area contributed by atoms with Crippen LogP contribution in [0.25, 0.3) is 38.7 Å². The third-order valence-corrected chi connectivity index (χ3v) is 13.1. The van der Waals surface area contributed by atoms with Crippen molar-refractivity contribution in [3.63, 3.8) is 0 Å². The van der Waals surface area contributed by atoms with Crippen LogP contribution in [0.3, 0.4) is 0 Å². The van der Waals surface area contributed by atoms with E-state index in [0.29, 0.717) is 34.7 Å². The summed E-state index contributed by atoms with van der Waals surface area (Å²) in [6.07, 6.45) is 2.33. The molecule has 4 amide bonds. The maximum Gasteiger partial charge on any atom is 0.407 e. The number of allylic oxidation sites excluding steroid dienone is 1. The Hall–Kier alpha value is -5.40. The number of nitrogens with zero attached hydrogens (tertiary/aromatic N) is 4. The molecule has 3 aromatic carbocycles. The fraction of sp³-hybridized carbons (Fsp3) is 0.447. The summed E-state index contributed by atoms with van der Waals surface area (Å²) in [6.45, 7) is 11.6. The fourth-order valence-electron chi connectivity index (χ4n) is 9.08. The van der Waals surface area contributed by atoms with Gasteiger partial charge in [0.15, 0.2) is 0 Å². The number of methoxy groups -OCH3 is 2. The summed E-state index contributed by atoms with van der Waals surface area (Å²) in [5.41, 5.74) is 6.25. The van der Waals surface area contributed by atoms with Gasteiger partial charge in [-0.3, -0.25) is 9.59 Å². The second kappa shape index (κ2) is 18.5. The molecule has 2 fully saturated rings. The van der Waals surface area contributed by atoms with Crippen molar-refractivity contribution in [2.75, 3.05) is 14.2 Å². The van der Waals surface area contributed by atoms with Crippen LogP contribution >= 0.6 is 23.2 Å². The maximum absolute atomic E-state index is 13.9. The largest absolute Gasteiger partial charge is 0.453 e. The van der Waals surface area contributed by atoms with Crippen LogP contribution in [0.2, 0.25) is 5.15 Å². The van der Waals surface area contributed by atoms with Gasteiger partial charge in [0.2, 0.25) is 11.8 Å². The summed E-state index contributed by atoms with van der Waals surface area (Å²) in [5.74, 6) is -0.00590. The zero-order valence-corrected chi connectivity index (χ0v) is 37.9. The first-order valence-electron chi connectivity index (χ1n) is 21.3. The highest BCUT2D eigenvalue weighted by atomic mass is 35.5. The molecule has 3 aliphatic heterocycles. The highest BCUT2D eigenvalue weighted by molar-refractivity contribution is 6.35. The molecule has 13 nitrogen and oxygen atoms in total. The number of alkyl carbamates (subject to hydrolysis) is 2. The highest BCUT2D eigenvalue weighted by Gasteiger charge is 2.43. The second-order valence-electron chi connectivity index (χ2n) is 17.3. The molecule has 3 N–H and O–H groups in total. The third-order valence-electron chi connectivity index (χ3n) is 12.5. The number of imidazole rings is 1. The summed E-state index contributed by atoms with van der Waals surface area (Å²) in [6, 6.07) is 18.6. The minimum Gasteiger partial charge on any atom is -0.453 e. The predicted molar refractivity (Wildman–Crippen MR) is 243 cm³/mol. The van der Waals surface area contributed by atoms with E-state index in [1.165, 1.54) is 14.2 Å². The maximum atomic E-state index is 13.9. The number of aromatic amines is 1. The third kappa shape index (κ3) is 8.92. The summed E-state index contributed by atoms with van der Waals surface area (Å²) < 4.78 is 9.60. The number of nitrogens with one attached hydrogen (secondary N) is 3. The van der Waals surface area contributed by atoms with E-state index in [-0.39, 0.29) is 47.8 Å². The van der Waals surface area contributed by atoms with Crippen molar-refractivity contribution in [1.82, 2.24) is 30.4 Å². The number of carbonyl (C=O) groups excluding carboxylic acids is 4. The van der Waals surface area contributed by atoms with E-state index >= 15 is 0 Å². The molecule has 0 spiro atoms. The van der Waals surface area contributed by atoms with Crippen LogP contribution in [0.4, 0.5) is 9.59 Å². The Morgan fingerprint density at radius 3 is 1.73 bits per heavy atom. The normalized spacial score (nSPS) is 21.1. The number of carbonyl (C=O) groups is 4. The number of fused-ring (bicyclic) bond motifs is 1. The Balaban J connectivity index is 1.04. The lowest BCUT2D eigenvalue weighted by atomic mass is 9.94. The number of amides is 4. The van der Waals surface area contributed by atoms with Gasteiger partial charge in [-0.15, -0.1) is 0 Å². The number of hydrogen-bond acceptors (Lipinski definition) is 8. The SMILES string of the molecule is COC(=O)N[C@H](C(=O)N1[C@@H](C)CC[C@H]1C1=NC(Cl)=C(c2ccc3cc(-c4ccc(-c5nc([C@@H]6CC[C@H](C)N6C(=O)[C@@H](NC(=O)OC)C(C)C)[nH]c5Cl)cc4)ccc3c2)C1)C(C)C. The van der Waals surface area contributed by atoms with E-state index in [9.17, 15) is 19.2 Å². The van der Waals surface area contributed by atoms with Crippen molar-refractivity contribution in [2.45, 2.75) is 110 Å². The topological polar surface area (TPSA) is 158 Å². The summed E-state index contributed by atoms with van der Waals surface area (Å²) in [4.78, 5) is 68.6. The molecule has 0 saturated carbocycles. The molecule has 62 heavy (non-hydrogen) atoms. The van der Waals surface area contributed by atoms with Gasteiger partial charge >= 0.3 is 12.2 Å². The van der Waals surface area contributed by atoms with Crippen LogP contribution in [0, 0.1) is 11.8 Å². The summed E-state index contributed by atoms with van der Waals surface area (Å²) >= 11 is 13.6. The van der Waals surface area contributed by atoms with E-state index < -0.39 is 24.3 Å². The molecular formula is C47H55Cl2N7O6. The van der Waals surface area contributed by atoms with Crippen molar-refractivity contribution < 1.29 is 28.7 Å². The van der Waals surface area contributed by atoms with Crippen molar-refractivity contribution in [3.05, 3.63) is 82.4 Å². The van der Waals surface area contributed by atoms with Crippen LogP contribution in [-0.2, 0) is 19.1 Å². The molecule has 15 heteroatoms. The van der Waals surface area contributed by atoms with E-state index in [2.05, 4.69) is 52.0 Å². The second-order valence-corrected chi connectivity index (χ2v) is 18.0. The van der Waals surface area contributed by atoms with Gasteiger partial charge in [-0.25, -0.2) is 19.6 Å². The first-order valence-corrected chi connectivity index (χ1v) is 22.0. The lowest BCUT2D eigenvalue weighted by molar-refractivity contribution is -0.137. The molecular weight excluding hydrogens is 829 g/mol. The van der Waals surface area contributed by atoms with Gasteiger partial charge in [0.05, 0.1) is 26.3 Å². The zero-order chi connectivity index (χ0) is 44.6. The van der Waals surface area contributed by atoms with Crippen molar-refractivity contribution in [1.29, 1.82) is 0 Å². The van der Waals surface area contributed by atoms with E-state index in [0.717, 1.165) is 63.6 Å². The van der Waals surface area contributed by atoms with Gasteiger partial charge in [-0.2, -0.15) is 0 Å². The number of halogens is 2. The molecule has 0 unspecified atom stereocenters. The molecule has 1 aromatic heterocycles. The van der Waals surface area contributed by atoms with Gasteiger partial charge < -0.3 is 34.9 Å². The minimum atomic E-state index is -0.744. The van der Waals surface area contributed by atoms with Crippen molar-refractivity contribution >= 4 is 69.3 Å². The highest BCUT2D eigenvalue weighted by Crippen LogP contribution is 2.40. The van der Waals surface area contributed by atoms with Crippen LogP contribution in [0.15, 0.2) is 70.8 Å². The van der Waals surface area contributed by atoms with E-state index in [4.69, 9.17) is 42.7 Å². The fourth-order valence-corrected chi connectivity index (χ4v) is 9.61. The molecule has 0 aliphatic carbocycles. The smallest absolute Gasteiger partial charge is 0.407 e. The lowest BCUT2D eigenvalue weighted by Gasteiger charge is -2.33. The molecule has 6 atom stereocenters. The zero-order valence-electron chi connectivity index (χ0n) is 36.4. The Morgan fingerprint density at radius 2 is 1.18 bits per heavy atom. The Morgan fingerprint density at radius 1 is 0.694 bits per heavy atom. The minimum absolute atomic E-state index is 0.0146. The molecule has 0 radical (unpaired) electrons. The van der Waals surface area contributed by atoms with Crippen LogP contribution in [-0.4, -0.2) is 93.9 Å². The Bertz CT molecular complexity index is 2430. The molecule has 328 valence electrons. The van der Waals surface area contributed by atoms with Gasteiger partial charge in [0.25, 0.3) is 0 Å². The molecule has 3 aliphatic rings. The number of ether oxygens (including phenoxy) is 2. The number of likely N-dealkylation sites (tertiary alicyclic amines) is 2. The van der Waals surface area contributed by atoms with Gasteiger partial charge in [0, 0.05) is 35.4 Å². The van der Waals surface area contributed by atoms with Gasteiger partial charge in [-0.05, 0) is 91.0 Å². The number of H-pyrrole nitrogens is 1. The Labute approximate surface area is 372 Å². The monoisotopic (exact) mass is 883 g/mol.